The molecule has 1 aromatic carbocycles. The van der Waals surface area contributed by atoms with Crippen LogP contribution in [0.1, 0.15) is 11.4 Å². The van der Waals surface area contributed by atoms with E-state index in [-0.39, 0.29) is 0 Å². The summed E-state index contributed by atoms with van der Waals surface area (Å²) >= 11 is 0. The highest BCUT2D eigenvalue weighted by Crippen LogP contribution is 2.12. The van der Waals surface area contributed by atoms with Gasteiger partial charge in [0, 0.05) is 0 Å². The summed E-state index contributed by atoms with van der Waals surface area (Å²) in [7, 11) is 0. The predicted octanol–water partition coefficient (Wildman–Crippen LogP) is 1.92. The maximum absolute atomic E-state index is 9.12. The molecule has 0 aliphatic carbocycles. The quantitative estimate of drug-likeness (QED) is 0.602. The van der Waals surface area contributed by atoms with Gasteiger partial charge in [-0.3, -0.25) is 0 Å². The van der Waals surface area contributed by atoms with Gasteiger partial charge in [-0.05, 0) is 16.9 Å². The molecule has 0 aliphatic heterocycles. The third-order valence-electron chi connectivity index (χ3n) is 2.22. The van der Waals surface area contributed by atoms with Gasteiger partial charge in [-0.2, -0.15) is 10.1 Å². The molecule has 0 radical (unpaired) electrons. The van der Waals surface area contributed by atoms with Gasteiger partial charge in [0.05, 0.1) is 6.54 Å². The SMILES string of the molecule is C=CCn1nnc(/C(C#N)=C/c2ccccc2)n1. The molecule has 0 bridgehead atoms. The predicted molar refractivity (Wildman–Crippen MR) is 67.9 cm³/mol. The number of hydrogen-bond donors (Lipinski definition) is 0. The van der Waals surface area contributed by atoms with Crippen LogP contribution in [0.3, 0.4) is 0 Å². The van der Waals surface area contributed by atoms with Gasteiger partial charge >= 0.3 is 0 Å². The van der Waals surface area contributed by atoms with E-state index in [4.69, 9.17) is 5.26 Å². The maximum Gasteiger partial charge on any atom is 0.215 e. The molecule has 2 rings (SSSR count). The molecule has 0 amide bonds. The molecular weight excluding hydrogens is 226 g/mol. The molecule has 88 valence electrons. The molecule has 0 spiro atoms. The average Bonchev–Trinajstić information content (AvgIpc) is 2.86. The van der Waals surface area contributed by atoms with Crippen molar-refractivity contribution >= 4 is 11.6 Å². The molecule has 5 heteroatoms. The van der Waals surface area contributed by atoms with Crippen LogP contribution in [0.4, 0.5) is 0 Å². The molecule has 1 aromatic heterocycles. The van der Waals surface area contributed by atoms with E-state index in [9.17, 15) is 0 Å². The second-order valence-electron chi connectivity index (χ2n) is 3.54. The highest BCUT2D eigenvalue weighted by atomic mass is 15.6. The number of allylic oxidation sites excluding steroid dienone is 2. The minimum absolute atomic E-state index is 0.322. The Hall–Kier alpha value is -2.74. The topological polar surface area (TPSA) is 67.4 Å². The van der Waals surface area contributed by atoms with Gasteiger partial charge in [0.25, 0.3) is 0 Å². The van der Waals surface area contributed by atoms with Crippen molar-refractivity contribution in [3.8, 4) is 6.07 Å². The monoisotopic (exact) mass is 237 g/mol. The average molecular weight is 237 g/mol. The van der Waals surface area contributed by atoms with Crippen LogP contribution in [0.2, 0.25) is 0 Å². The lowest BCUT2D eigenvalue weighted by atomic mass is 10.1. The zero-order valence-electron chi connectivity index (χ0n) is 9.69. The number of nitriles is 1. The van der Waals surface area contributed by atoms with Gasteiger partial charge in [-0.25, -0.2) is 0 Å². The molecule has 18 heavy (non-hydrogen) atoms. The van der Waals surface area contributed by atoms with Crippen LogP contribution in [0.25, 0.3) is 11.6 Å². The lowest BCUT2D eigenvalue weighted by Crippen LogP contribution is -1.99. The van der Waals surface area contributed by atoms with Crippen LogP contribution in [0.15, 0.2) is 43.0 Å². The van der Waals surface area contributed by atoms with E-state index in [1.165, 1.54) is 4.80 Å². The van der Waals surface area contributed by atoms with E-state index in [0.29, 0.717) is 17.9 Å². The van der Waals surface area contributed by atoms with Crippen LogP contribution in [0.5, 0.6) is 0 Å². The van der Waals surface area contributed by atoms with Crippen molar-refractivity contribution in [3.63, 3.8) is 0 Å². The van der Waals surface area contributed by atoms with Crippen LogP contribution in [0, 0.1) is 11.3 Å². The Bertz CT molecular complexity index is 604. The standard InChI is InChI=1S/C13H11N5/c1-2-8-18-16-13(15-17-18)12(10-14)9-11-6-4-3-5-7-11/h2-7,9H,1,8H2/b12-9+. The Balaban J connectivity index is 2.31. The van der Waals surface area contributed by atoms with Crippen LogP contribution in [-0.2, 0) is 6.54 Å². The zero-order chi connectivity index (χ0) is 12.8. The van der Waals surface area contributed by atoms with Crippen molar-refractivity contribution in [2.45, 2.75) is 6.54 Å². The first-order valence-corrected chi connectivity index (χ1v) is 5.39. The highest BCUT2D eigenvalue weighted by Gasteiger charge is 2.07. The molecule has 0 unspecified atom stereocenters. The summed E-state index contributed by atoms with van der Waals surface area (Å²) in [5.74, 6) is 0.322. The molecule has 1 heterocycles. The number of tetrazole rings is 1. The fourth-order valence-corrected chi connectivity index (χ4v) is 1.41. The van der Waals surface area contributed by atoms with Crippen LogP contribution >= 0.6 is 0 Å². The molecule has 0 atom stereocenters. The van der Waals surface area contributed by atoms with Crippen LogP contribution in [-0.4, -0.2) is 20.2 Å². The van der Waals surface area contributed by atoms with Crippen molar-refractivity contribution in [1.29, 1.82) is 5.26 Å². The third kappa shape index (κ3) is 2.68. The van der Waals surface area contributed by atoms with E-state index >= 15 is 0 Å². The molecule has 0 aliphatic rings. The fraction of sp³-hybridized carbons (Fsp3) is 0.0769. The summed E-state index contributed by atoms with van der Waals surface area (Å²) < 4.78 is 0. The summed E-state index contributed by atoms with van der Waals surface area (Å²) in [6, 6.07) is 11.6. The van der Waals surface area contributed by atoms with Crippen molar-refractivity contribution in [3.05, 3.63) is 54.4 Å². The first kappa shape index (κ1) is 11.7. The van der Waals surface area contributed by atoms with Crippen LogP contribution < -0.4 is 0 Å². The fourth-order valence-electron chi connectivity index (χ4n) is 1.41. The lowest BCUT2D eigenvalue weighted by Gasteiger charge is -1.93. The first-order valence-electron chi connectivity index (χ1n) is 5.39. The number of rotatable bonds is 4. The second kappa shape index (κ2) is 5.55. The summed E-state index contributed by atoms with van der Waals surface area (Å²) in [6.07, 6.45) is 3.40. The lowest BCUT2D eigenvalue weighted by molar-refractivity contribution is 0.582. The molecule has 0 N–H and O–H groups in total. The van der Waals surface area contributed by atoms with Crippen molar-refractivity contribution in [2.24, 2.45) is 0 Å². The van der Waals surface area contributed by atoms with Crippen molar-refractivity contribution in [2.75, 3.05) is 0 Å². The minimum Gasteiger partial charge on any atom is -0.192 e. The smallest absolute Gasteiger partial charge is 0.192 e. The van der Waals surface area contributed by atoms with Crippen molar-refractivity contribution < 1.29 is 0 Å². The summed E-state index contributed by atoms with van der Waals surface area (Å²) in [5.41, 5.74) is 1.31. The van der Waals surface area contributed by atoms with E-state index in [2.05, 4.69) is 28.1 Å². The van der Waals surface area contributed by atoms with E-state index in [0.717, 1.165) is 5.56 Å². The minimum atomic E-state index is 0.322. The van der Waals surface area contributed by atoms with E-state index < -0.39 is 0 Å². The zero-order valence-corrected chi connectivity index (χ0v) is 9.69. The second-order valence-corrected chi connectivity index (χ2v) is 3.54. The molecule has 2 aromatic rings. The Morgan fingerprint density at radius 1 is 1.39 bits per heavy atom. The largest absolute Gasteiger partial charge is 0.215 e. The van der Waals surface area contributed by atoms with Gasteiger partial charge in [0.2, 0.25) is 5.82 Å². The van der Waals surface area contributed by atoms with Gasteiger partial charge in [-0.1, -0.05) is 36.4 Å². The Kier molecular flexibility index (Phi) is 3.62. The molecule has 0 saturated carbocycles. The van der Waals surface area contributed by atoms with Gasteiger partial charge < -0.3 is 0 Å². The van der Waals surface area contributed by atoms with Gasteiger partial charge in [0.15, 0.2) is 0 Å². The molecule has 5 nitrogen and oxygen atoms in total. The maximum atomic E-state index is 9.12. The Morgan fingerprint density at radius 3 is 2.83 bits per heavy atom. The van der Waals surface area contributed by atoms with Crippen molar-refractivity contribution in [1.82, 2.24) is 20.2 Å². The van der Waals surface area contributed by atoms with E-state index in [1.807, 2.05) is 30.3 Å². The first-order chi connectivity index (χ1) is 8.83. The third-order valence-corrected chi connectivity index (χ3v) is 2.22. The van der Waals surface area contributed by atoms with Gasteiger partial charge in [-0.15, -0.1) is 16.8 Å². The molecular formula is C13H11N5. The highest BCUT2D eigenvalue weighted by molar-refractivity contribution is 5.86. The van der Waals surface area contributed by atoms with E-state index in [1.54, 1.807) is 12.2 Å². The summed E-state index contributed by atoms with van der Waals surface area (Å²) in [6.45, 7) is 4.06. The normalized spacial score (nSPS) is 10.9. The Labute approximate surface area is 105 Å². The summed E-state index contributed by atoms with van der Waals surface area (Å²) in [4.78, 5) is 1.39. The molecule has 0 fully saturated rings. The molecule has 0 saturated heterocycles. The number of hydrogen-bond acceptors (Lipinski definition) is 4. The number of nitrogens with zero attached hydrogens (tertiary/aromatic N) is 5. The van der Waals surface area contributed by atoms with Gasteiger partial charge in [0.1, 0.15) is 11.6 Å². The number of benzene rings is 1. The number of aromatic nitrogens is 4. The summed E-state index contributed by atoms with van der Waals surface area (Å²) in [5, 5.41) is 20.9. The Morgan fingerprint density at radius 2 is 2.17 bits per heavy atom.